The number of benzene rings is 1. The van der Waals surface area contributed by atoms with E-state index in [1.165, 1.54) is 32.0 Å². The van der Waals surface area contributed by atoms with Crippen LogP contribution in [0.2, 0.25) is 0 Å². The van der Waals surface area contributed by atoms with Gasteiger partial charge in [0.05, 0.1) is 26.1 Å². The van der Waals surface area contributed by atoms with Crippen molar-refractivity contribution in [2.45, 2.75) is 32.0 Å². The molecule has 3 atom stereocenters. The summed E-state index contributed by atoms with van der Waals surface area (Å²) in [6.07, 6.45) is 1.000. The van der Waals surface area contributed by atoms with Crippen LogP contribution in [0, 0.1) is 0 Å². The highest BCUT2D eigenvalue weighted by Crippen LogP contribution is 2.45. The molecule has 176 valence electrons. The number of imidazole rings is 1. The van der Waals surface area contributed by atoms with E-state index in [2.05, 4.69) is 14.8 Å². The molecule has 3 unspecified atom stereocenters. The lowest BCUT2D eigenvalue weighted by molar-refractivity contribution is -0.142. The van der Waals surface area contributed by atoms with Gasteiger partial charge in [-0.25, -0.2) is 9.55 Å². The Hall–Kier alpha value is -2.92. The lowest BCUT2D eigenvalue weighted by Crippen LogP contribution is -2.35. The lowest BCUT2D eigenvalue weighted by Gasteiger charge is -2.24. The largest absolute Gasteiger partial charge is 0.493 e. The molecule has 4 N–H and O–H groups in total. The number of methoxy groups -OCH3 is 2. The highest BCUT2D eigenvalue weighted by atomic mass is 31.2. The van der Waals surface area contributed by atoms with E-state index in [-0.39, 0.29) is 30.5 Å². The van der Waals surface area contributed by atoms with Gasteiger partial charge < -0.3 is 29.4 Å². The van der Waals surface area contributed by atoms with Crippen molar-refractivity contribution in [3.63, 3.8) is 0 Å². The van der Waals surface area contributed by atoms with E-state index in [0.717, 1.165) is 0 Å². The molecule has 0 aliphatic rings. The van der Waals surface area contributed by atoms with Crippen LogP contribution in [0.5, 0.6) is 11.6 Å². The van der Waals surface area contributed by atoms with Crippen molar-refractivity contribution in [2.24, 2.45) is 5.73 Å². The van der Waals surface area contributed by atoms with Crippen LogP contribution in [0.25, 0.3) is 0 Å². The van der Waals surface area contributed by atoms with Gasteiger partial charge in [0.15, 0.2) is 5.69 Å². The van der Waals surface area contributed by atoms with Gasteiger partial charge in [-0.05, 0) is 25.5 Å². The number of nitrogens with one attached hydrogen (secondary N) is 1. The molecule has 1 amide bonds. The zero-order valence-corrected chi connectivity index (χ0v) is 18.9. The van der Waals surface area contributed by atoms with Crippen LogP contribution in [0.3, 0.4) is 0 Å². The molecular formula is C19H27N4O8P. The number of rotatable bonds is 13. The molecule has 1 heterocycles. The first-order valence-electron chi connectivity index (χ1n) is 9.60. The number of ether oxygens (including phenoxy) is 2. The van der Waals surface area contributed by atoms with Gasteiger partial charge in [0, 0.05) is 13.7 Å². The minimum Gasteiger partial charge on any atom is -0.493 e. The molecular weight excluding hydrogens is 443 g/mol. The van der Waals surface area contributed by atoms with E-state index in [9.17, 15) is 19.3 Å². The fourth-order valence-electron chi connectivity index (χ4n) is 2.62. The molecule has 0 bridgehead atoms. The fourth-order valence-corrected chi connectivity index (χ4v) is 4.15. The quantitative estimate of drug-likeness (QED) is 0.288. The number of primary amides is 1. The van der Waals surface area contributed by atoms with E-state index in [4.69, 9.17) is 19.5 Å². The van der Waals surface area contributed by atoms with Gasteiger partial charge in [-0.1, -0.05) is 18.2 Å². The predicted octanol–water partition coefficient (Wildman–Crippen LogP) is 1.45. The van der Waals surface area contributed by atoms with Gasteiger partial charge in [0.25, 0.3) is 5.91 Å². The second-order valence-corrected chi connectivity index (χ2v) is 8.39. The van der Waals surface area contributed by atoms with Crippen molar-refractivity contribution in [2.75, 3.05) is 20.8 Å². The molecule has 0 radical (unpaired) electrons. The molecule has 0 saturated carbocycles. The Bertz CT molecular complexity index is 952. The Labute approximate surface area is 185 Å². The summed E-state index contributed by atoms with van der Waals surface area (Å²) in [5.74, 6) is -1.58. The average molecular weight is 470 g/mol. The monoisotopic (exact) mass is 470 g/mol. The molecule has 0 aliphatic carbocycles. The molecule has 12 nitrogen and oxygen atoms in total. The van der Waals surface area contributed by atoms with Gasteiger partial charge >= 0.3 is 13.7 Å². The Kier molecular flexibility index (Phi) is 9.21. The number of aromatic hydroxyl groups is 1. The third-order valence-electron chi connectivity index (χ3n) is 4.37. The topological polar surface area (TPSA) is 164 Å². The number of aromatic nitrogens is 2. The fraction of sp³-hybridized carbons (Fsp3) is 0.421. The van der Waals surface area contributed by atoms with Crippen molar-refractivity contribution in [1.29, 1.82) is 0 Å². The highest BCUT2D eigenvalue weighted by molar-refractivity contribution is 7.52. The third-order valence-corrected chi connectivity index (χ3v) is 6.02. The van der Waals surface area contributed by atoms with Gasteiger partial charge in [-0.3, -0.25) is 14.1 Å². The number of carbonyl (C=O) groups excluding carboxylic acids is 2. The number of para-hydroxylation sites is 1. The number of amides is 1. The summed E-state index contributed by atoms with van der Waals surface area (Å²) in [6.45, 7) is 1.51. The zero-order chi connectivity index (χ0) is 23.7. The summed E-state index contributed by atoms with van der Waals surface area (Å²) in [7, 11) is -1.36. The summed E-state index contributed by atoms with van der Waals surface area (Å²) in [5.41, 5.74) is 4.90. The first-order chi connectivity index (χ1) is 15.2. The molecule has 32 heavy (non-hydrogen) atoms. The number of nitrogens with zero attached hydrogens (tertiary/aromatic N) is 2. The second-order valence-electron chi connectivity index (χ2n) is 6.69. The Morgan fingerprint density at radius 2 is 1.97 bits per heavy atom. The van der Waals surface area contributed by atoms with E-state index < -0.39 is 31.8 Å². The van der Waals surface area contributed by atoms with E-state index >= 15 is 0 Å². The molecule has 2 aromatic rings. The minimum atomic E-state index is -4.01. The summed E-state index contributed by atoms with van der Waals surface area (Å²) in [5, 5.41) is 12.5. The predicted molar refractivity (Wildman–Crippen MR) is 113 cm³/mol. The molecule has 1 aromatic heterocycles. The van der Waals surface area contributed by atoms with Crippen LogP contribution in [-0.4, -0.2) is 59.5 Å². The molecule has 0 spiro atoms. The maximum atomic E-state index is 13.3. The first kappa shape index (κ1) is 25.3. The maximum absolute atomic E-state index is 13.3. The van der Waals surface area contributed by atoms with Crippen molar-refractivity contribution in [1.82, 2.24) is 14.6 Å². The summed E-state index contributed by atoms with van der Waals surface area (Å²) in [4.78, 5) is 26.7. The molecule has 0 fully saturated rings. The Morgan fingerprint density at radius 3 is 2.53 bits per heavy atom. The lowest BCUT2D eigenvalue weighted by atomic mass is 10.2. The maximum Gasteiger partial charge on any atom is 0.459 e. The number of aryl methyl sites for hydroxylation is 1. The number of nitrogens with two attached hydrogens (primary N) is 1. The number of hydrogen-bond acceptors (Lipinski definition) is 9. The van der Waals surface area contributed by atoms with Gasteiger partial charge in [0.1, 0.15) is 11.8 Å². The summed E-state index contributed by atoms with van der Waals surface area (Å²) >= 11 is 0. The van der Waals surface area contributed by atoms with Crippen LogP contribution < -0.4 is 15.3 Å². The van der Waals surface area contributed by atoms with Crippen LogP contribution in [0.15, 0.2) is 36.7 Å². The SMILES string of the molecule is COC(=O)C(C)NP(=O)(OCC(CCn1cnc(C(N)=O)c1O)OC)Oc1ccccc1. The normalized spacial score (nSPS) is 14.8. The average Bonchev–Trinajstić information content (AvgIpc) is 3.14. The Morgan fingerprint density at radius 1 is 1.28 bits per heavy atom. The number of hydrogen-bond donors (Lipinski definition) is 3. The summed E-state index contributed by atoms with van der Waals surface area (Å²) in [6, 6.07) is 7.36. The highest BCUT2D eigenvalue weighted by Gasteiger charge is 2.33. The molecule has 0 aliphatic heterocycles. The van der Waals surface area contributed by atoms with Crippen molar-refractivity contribution < 1.29 is 37.8 Å². The number of esters is 1. The van der Waals surface area contributed by atoms with E-state index in [0.29, 0.717) is 6.42 Å². The molecule has 13 heteroatoms. The van der Waals surface area contributed by atoms with Crippen LogP contribution in [-0.2, 0) is 29.9 Å². The Balaban J connectivity index is 2.05. The molecule has 1 aromatic carbocycles. The van der Waals surface area contributed by atoms with Gasteiger partial charge in [-0.15, -0.1) is 0 Å². The number of carbonyl (C=O) groups is 2. The third kappa shape index (κ3) is 7.06. The molecule has 2 rings (SSSR count). The second kappa shape index (κ2) is 11.6. The van der Waals surface area contributed by atoms with E-state index in [1.807, 2.05) is 0 Å². The van der Waals surface area contributed by atoms with Crippen molar-refractivity contribution in [3.8, 4) is 11.6 Å². The summed E-state index contributed by atoms with van der Waals surface area (Å²) < 4.78 is 35.7. The van der Waals surface area contributed by atoms with E-state index in [1.54, 1.807) is 30.3 Å². The van der Waals surface area contributed by atoms with Crippen LogP contribution in [0.1, 0.15) is 23.8 Å². The first-order valence-corrected chi connectivity index (χ1v) is 11.1. The van der Waals surface area contributed by atoms with Crippen molar-refractivity contribution in [3.05, 3.63) is 42.4 Å². The smallest absolute Gasteiger partial charge is 0.459 e. The standard InChI is InChI=1S/C19H27N4O8P/c1-13(19(26)29-3)22-32(27,31-14-7-5-4-6-8-14)30-11-15(28-2)9-10-23-12-21-16(17(20)24)18(23)25/h4-8,12-13,15,25H,9-11H2,1-3H3,(H2,20,24)(H,22,27). The van der Waals surface area contributed by atoms with Crippen LogP contribution in [0.4, 0.5) is 0 Å². The molecule has 0 saturated heterocycles. The van der Waals surface area contributed by atoms with Crippen molar-refractivity contribution >= 4 is 19.6 Å². The van der Waals surface area contributed by atoms with Gasteiger partial charge in [-0.2, -0.15) is 5.09 Å². The zero-order valence-electron chi connectivity index (χ0n) is 18.0. The minimum absolute atomic E-state index is 0.167. The van der Waals surface area contributed by atoms with Gasteiger partial charge in [0.2, 0.25) is 5.88 Å². The van der Waals surface area contributed by atoms with Crippen LogP contribution >= 0.6 is 7.75 Å².